The number of hydrogen-bond donors (Lipinski definition) is 0. The van der Waals surface area contributed by atoms with Gasteiger partial charge in [0, 0.05) is 17.3 Å². The first-order valence-electron chi connectivity index (χ1n) is 14.7. The molecule has 0 saturated carbocycles. The van der Waals surface area contributed by atoms with Crippen LogP contribution in [0.3, 0.4) is 0 Å². The van der Waals surface area contributed by atoms with E-state index in [0.717, 1.165) is 12.8 Å². The first kappa shape index (κ1) is 24.0. The summed E-state index contributed by atoms with van der Waals surface area (Å²) in [6, 6.07) is 42.8. The standard InChI is InChI=1S/C40H31N/c1-2-10-32(11-3-1)36-14-8-16-39-40(36)37-13-6-7-15-38(37)41(39)35-25-23-30(24-26-35)29-17-19-31(20-18-29)34-22-21-28-9-4-5-12-33(28)27-34/h1-3,5-8,10-27,37-38H,4,9H2. The molecule has 2 aliphatic carbocycles. The number of aryl methyl sites for hydroxylation is 1. The quantitative estimate of drug-likeness (QED) is 0.226. The topological polar surface area (TPSA) is 3.24 Å². The Morgan fingerprint density at radius 2 is 1.29 bits per heavy atom. The monoisotopic (exact) mass is 525 g/mol. The average Bonchev–Trinajstić information content (AvgIpc) is 3.40. The van der Waals surface area contributed by atoms with Gasteiger partial charge >= 0.3 is 0 Å². The Morgan fingerprint density at radius 3 is 2.10 bits per heavy atom. The Bertz CT molecular complexity index is 1820. The first-order valence-corrected chi connectivity index (χ1v) is 14.7. The maximum absolute atomic E-state index is 2.52. The fourth-order valence-electron chi connectivity index (χ4n) is 6.84. The van der Waals surface area contributed by atoms with E-state index in [9.17, 15) is 0 Å². The van der Waals surface area contributed by atoms with E-state index in [1.807, 2.05) is 0 Å². The number of benzene rings is 5. The maximum Gasteiger partial charge on any atom is 0.0629 e. The lowest BCUT2D eigenvalue weighted by Crippen LogP contribution is -2.28. The van der Waals surface area contributed by atoms with Gasteiger partial charge in [-0.1, -0.05) is 127 Å². The minimum Gasteiger partial charge on any atom is -0.333 e. The third-order valence-corrected chi connectivity index (χ3v) is 8.89. The van der Waals surface area contributed by atoms with Crippen LogP contribution in [0.25, 0.3) is 39.5 Å². The highest BCUT2D eigenvalue weighted by Gasteiger charge is 2.38. The van der Waals surface area contributed by atoms with Crippen molar-refractivity contribution in [3.8, 4) is 33.4 Å². The fourth-order valence-corrected chi connectivity index (χ4v) is 6.84. The molecule has 5 aromatic carbocycles. The van der Waals surface area contributed by atoms with E-state index in [-0.39, 0.29) is 6.04 Å². The molecule has 0 spiro atoms. The lowest BCUT2D eigenvalue weighted by molar-refractivity contribution is 0.745. The van der Waals surface area contributed by atoms with Crippen molar-refractivity contribution in [2.45, 2.75) is 24.8 Å². The van der Waals surface area contributed by atoms with E-state index >= 15 is 0 Å². The van der Waals surface area contributed by atoms with Crippen molar-refractivity contribution < 1.29 is 0 Å². The molecule has 0 aromatic heterocycles. The lowest BCUT2D eigenvalue weighted by Gasteiger charge is -2.28. The predicted molar refractivity (Wildman–Crippen MR) is 173 cm³/mol. The first-order chi connectivity index (χ1) is 20.3. The molecule has 1 heterocycles. The highest BCUT2D eigenvalue weighted by molar-refractivity contribution is 5.85. The highest BCUT2D eigenvalue weighted by atomic mass is 15.2. The number of anilines is 2. The number of nitrogens with zero attached hydrogens (tertiary/aromatic N) is 1. The van der Waals surface area contributed by atoms with Gasteiger partial charge in [0.15, 0.2) is 0 Å². The molecule has 2 atom stereocenters. The van der Waals surface area contributed by atoms with Gasteiger partial charge in [-0.15, -0.1) is 0 Å². The van der Waals surface area contributed by atoms with Gasteiger partial charge in [-0.3, -0.25) is 0 Å². The molecule has 0 amide bonds. The van der Waals surface area contributed by atoms with Gasteiger partial charge in [-0.05, 0) is 87.2 Å². The van der Waals surface area contributed by atoms with E-state index < -0.39 is 0 Å². The molecule has 5 aromatic rings. The second-order valence-electron chi connectivity index (χ2n) is 11.2. The molecule has 2 unspecified atom stereocenters. The Hall–Kier alpha value is -4.88. The van der Waals surface area contributed by atoms with Gasteiger partial charge in [0.25, 0.3) is 0 Å². The molecule has 1 nitrogen and oxygen atoms in total. The van der Waals surface area contributed by atoms with E-state index in [1.54, 1.807) is 0 Å². The summed E-state index contributed by atoms with van der Waals surface area (Å²) in [4.78, 5) is 2.52. The van der Waals surface area contributed by atoms with Crippen LogP contribution in [0.2, 0.25) is 0 Å². The Labute approximate surface area is 242 Å². The zero-order valence-corrected chi connectivity index (χ0v) is 22.9. The molecule has 8 rings (SSSR count). The second kappa shape index (κ2) is 9.94. The van der Waals surface area contributed by atoms with Crippen LogP contribution in [0.1, 0.15) is 29.0 Å². The van der Waals surface area contributed by atoms with Crippen molar-refractivity contribution in [1.82, 2.24) is 0 Å². The zero-order valence-electron chi connectivity index (χ0n) is 22.9. The van der Waals surface area contributed by atoms with Crippen LogP contribution in [0.4, 0.5) is 11.4 Å². The van der Waals surface area contributed by atoms with Crippen LogP contribution in [0, 0.1) is 0 Å². The summed E-state index contributed by atoms with van der Waals surface area (Å²) in [5.41, 5.74) is 14.4. The molecular formula is C40H31N. The third kappa shape index (κ3) is 4.17. The van der Waals surface area contributed by atoms with Crippen molar-refractivity contribution in [3.05, 3.63) is 162 Å². The number of fused-ring (bicyclic) bond motifs is 4. The van der Waals surface area contributed by atoms with Crippen molar-refractivity contribution in [3.63, 3.8) is 0 Å². The van der Waals surface area contributed by atoms with Gasteiger partial charge in [0.1, 0.15) is 0 Å². The summed E-state index contributed by atoms with van der Waals surface area (Å²) < 4.78 is 0. The van der Waals surface area contributed by atoms with E-state index in [1.165, 1.54) is 61.4 Å². The summed E-state index contributed by atoms with van der Waals surface area (Å²) in [7, 11) is 0. The molecule has 41 heavy (non-hydrogen) atoms. The largest absolute Gasteiger partial charge is 0.333 e. The number of allylic oxidation sites excluding steroid dienone is 3. The smallest absolute Gasteiger partial charge is 0.0629 e. The van der Waals surface area contributed by atoms with Crippen molar-refractivity contribution >= 4 is 17.5 Å². The minimum atomic E-state index is 0.274. The van der Waals surface area contributed by atoms with Gasteiger partial charge in [-0.25, -0.2) is 0 Å². The predicted octanol–water partition coefficient (Wildman–Crippen LogP) is 10.4. The summed E-state index contributed by atoms with van der Waals surface area (Å²) >= 11 is 0. The van der Waals surface area contributed by atoms with Crippen molar-refractivity contribution in [2.75, 3.05) is 4.90 Å². The molecule has 1 aliphatic heterocycles. The van der Waals surface area contributed by atoms with Gasteiger partial charge < -0.3 is 4.90 Å². The lowest BCUT2D eigenvalue weighted by atomic mass is 9.86. The normalized spacial score (nSPS) is 18.2. The molecule has 196 valence electrons. The molecule has 0 bridgehead atoms. The Balaban J connectivity index is 1.11. The van der Waals surface area contributed by atoms with Crippen LogP contribution in [-0.2, 0) is 6.42 Å². The maximum atomic E-state index is 2.52. The molecule has 3 aliphatic rings. The van der Waals surface area contributed by atoms with Crippen molar-refractivity contribution in [2.24, 2.45) is 0 Å². The van der Waals surface area contributed by atoms with E-state index in [4.69, 9.17) is 0 Å². The van der Waals surface area contributed by atoms with Crippen LogP contribution < -0.4 is 4.90 Å². The zero-order chi connectivity index (χ0) is 27.2. The van der Waals surface area contributed by atoms with Crippen LogP contribution in [0.15, 0.2) is 146 Å². The Kier molecular flexibility index (Phi) is 5.81. The average molecular weight is 526 g/mol. The summed E-state index contributed by atoms with van der Waals surface area (Å²) in [6.45, 7) is 0. The molecule has 0 fully saturated rings. The fraction of sp³-hybridized carbons (Fsp3) is 0.100. The van der Waals surface area contributed by atoms with E-state index in [0.29, 0.717) is 5.92 Å². The van der Waals surface area contributed by atoms with Gasteiger partial charge in [0.05, 0.1) is 6.04 Å². The molecule has 1 heteroatoms. The summed E-state index contributed by atoms with van der Waals surface area (Å²) in [5, 5.41) is 0. The number of hydrogen-bond acceptors (Lipinski definition) is 1. The number of rotatable bonds is 4. The van der Waals surface area contributed by atoms with Crippen LogP contribution in [-0.4, -0.2) is 6.04 Å². The third-order valence-electron chi connectivity index (χ3n) is 8.89. The molecule has 0 radical (unpaired) electrons. The molecule has 0 N–H and O–H groups in total. The van der Waals surface area contributed by atoms with Gasteiger partial charge in [-0.2, -0.15) is 0 Å². The van der Waals surface area contributed by atoms with E-state index in [2.05, 4.69) is 157 Å². The summed E-state index contributed by atoms with van der Waals surface area (Å²) in [5.74, 6) is 0.331. The van der Waals surface area contributed by atoms with Crippen molar-refractivity contribution in [1.29, 1.82) is 0 Å². The minimum absolute atomic E-state index is 0.274. The second-order valence-corrected chi connectivity index (χ2v) is 11.2. The van der Waals surface area contributed by atoms with Crippen LogP contribution >= 0.6 is 0 Å². The molecule has 0 saturated heterocycles. The Morgan fingerprint density at radius 1 is 0.585 bits per heavy atom. The van der Waals surface area contributed by atoms with Gasteiger partial charge in [0.2, 0.25) is 0 Å². The summed E-state index contributed by atoms with van der Waals surface area (Å²) in [6.07, 6.45) is 15.9. The highest BCUT2D eigenvalue weighted by Crippen LogP contribution is 2.51. The van der Waals surface area contributed by atoms with Crippen LogP contribution in [0.5, 0.6) is 0 Å². The molecular weight excluding hydrogens is 494 g/mol. The SMILES string of the molecule is C1=CC2c3c(-c4ccccc4)cccc3N(c3ccc(-c4ccc(-c5ccc6c(c5)C=CCC6)cc4)cc3)C2C=C1.